The molecule has 0 bridgehead atoms. The fourth-order valence-electron chi connectivity index (χ4n) is 3.30. The van der Waals surface area contributed by atoms with Crippen molar-refractivity contribution in [3.05, 3.63) is 0 Å². The van der Waals surface area contributed by atoms with Gasteiger partial charge in [-0.3, -0.25) is 19.3 Å². The largest absolute Gasteiger partial charge is 0.481 e. The summed E-state index contributed by atoms with van der Waals surface area (Å²) in [6.45, 7) is 2.49. The molecular weight excluding hydrogens is 246 g/mol. The van der Waals surface area contributed by atoms with Crippen molar-refractivity contribution in [1.29, 1.82) is 0 Å². The van der Waals surface area contributed by atoms with Crippen molar-refractivity contribution in [2.45, 2.75) is 45.4 Å². The van der Waals surface area contributed by atoms with E-state index in [1.807, 2.05) is 0 Å². The number of carboxylic acid groups (broad SMARTS) is 1. The van der Waals surface area contributed by atoms with Crippen molar-refractivity contribution in [3.8, 4) is 0 Å². The summed E-state index contributed by atoms with van der Waals surface area (Å²) in [5, 5.41) is 8.55. The molecule has 2 unspecified atom stereocenters. The van der Waals surface area contributed by atoms with E-state index in [-0.39, 0.29) is 30.1 Å². The molecule has 1 saturated carbocycles. The highest BCUT2D eigenvalue weighted by Crippen LogP contribution is 2.44. The molecule has 2 amide bonds. The lowest BCUT2D eigenvalue weighted by atomic mass is 10.00. The number of amides is 2. The molecule has 2 fully saturated rings. The Bertz CT molecular complexity index is 369. The topological polar surface area (TPSA) is 74.7 Å². The number of likely N-dealkylation sites (tertiary alicyclic amines) is 1. The van der Waals surface area contributed by atoms with E-state index in [1.54, 1.807) is 0 Å². The number of unbranched alkanes of at least 4 members (excludes halogenated alkanes) is 1. The minimum absolute atomic E-state index is 0.0266. The van der Waals surface area contributed by atoms with Gasteiger partial charge in [0.15, 0.2) is 0 Å². The molecule has 106 valence electrons. The molecule has 0 aromatic rings. The second kappa shape index (κ2) is 5.72. The van der Waals surface area contributed by atoms with Crippen molar-refractivity contribution in [3.63, 3.8) is 0 Å². The molecule has 0 radical (unpaired) electrons. The van der Waals surface area contributed by atoms with Crippen LogP contribution in [-0.4, -0.2) is 34.3 Å². The number of fused-ring (bicyclic) bond motifs is 1. The molecule has 5 heteroatoms. The van der Waals surface area contributed by atoms with Crippen LogP contribution in [0.25, 0.3) is 0 Å². The Morgan fingerprint density at radius 3 is 2.26 bits per heavy atom. The van der Waals surface area contributed by atoms with Crippen molar-refractivity contribution in [2.24, 2.45) is 17.8 Å². The molecule has 1 saturated heterocycles. The highest BCUT2D eigenvalue weighted by molar-refractivity contribution is 6.05. The number of hydrogen-bond donors (Lipinski definition) is 1. The monoisotopic (exact) mass is 267 g/mol. The number of hydrogen-bond acceptors (Lipinski definition) is 3. The van der Waals surface area contributed by atoms with E-state index in [0.717, 1.165) is 19.3 Å². The van der Waals surface area contributed by atoms with Gasteiger partial charge in [-0.1, -0.05) is 13.3 Å². The van der Waals surface area contributed by atoms with Crippen LogP contribution in [0.5, 0.6) is 0 Å². The van der Waals surface area contributed by atoms with Crippen LogP contribution in [-0.2, 0) is 14.4 Å². The van der Waals surface area contributed by atoms with Crippen molar-refractivity contribution >= 4 is 17.8 Å². The Morgan fingerprint density at radius 2 is 1.79 bits per heavy atom. The maximum Gasteiger partial charge on any atom is 0.303 e. The van der Waals surface area contributed by atoms with Crippen LogP contribution in [0.4, 0.5) is 0 Å². The maximum atomic E-state index is 12.2. The van der Waals surface area contributed by atoms with Gasteiger partial charge in [0.25, 0.3) is 0 Å². The van der Waals surface area contributed by atoms with Gasteiger partial charge < -0.3 is 5.11 Å². The number of aliphatic carboxylic acids is 1. The predicted octanol–water partition coefficient (Wildman–Crippen LogP) is 1.66. The van der Waals surface area contributed by atoms with E-state index < -0.39 is 5.97 Å². The first kappa shape index (κ1) is 14.0. The van der Waals surface area contributed by atoms with Crippen LogP contribution in [0.3, 0.4) is 0 Å². The van der Waals surface area contributed by atoms with Gasteiger partial charge in [0.05, 0.1) is 11.8 Å². The summed E-state index contributed by atoms with van der Waals surface area (Å²) in [5.74, 6) is -0.574. The molecule has 2 aliphatic rings. The average molecular weight is 267 g/mol. The van der Waals surface area contributed by atoms with E-state index in [9.17, 15) is 14.4 Å². The fourth-order valence-corrected chi connectivity index (χ4v) is 3.30. The molecular formula is C14H21NO4. The average Bonchev–Trinajstić information content (AvgIpc) is 2.88. The number of carbonyl (C=O) groups excluding carboxylic acids is 2. The van der Waals surface area contributed by atoms with Crippen LogP contribution < -0.4 is 0 Å². The Labute approximate surface area is 113 Å². The van der Waals surface area contributed by atoms with E-state index >= 15 is 0 Å². The van der Waals surface area contributed by atoms with Gasteiger partial charge in [0.1, 0.15) is 0 Å². The number of imide groups is 1. The van der Waals surface area contributed by atoms with Gasteiger partial charge in [-0.15, -0.1) is 0 Å². The molecule has 5 nitrogen and oxygen atoms in total. The van der Waals surface area contributed by atoms with E-state index in [1.165, 1.54) is 4.90 Å². The quantitative estimate of drug-likeness (QED) is 0.586. The van der Waals surface area contributed by atoms with E-state index in [2.05, 4.69) is 6.92 Å². The Balaban J connectivity index is 1.86. The molecule has 0 aromatic heterocycles. The highest BCUT2D eigenvalue weighted by Gasteiger charge is 2.51. The summed E-state index contributed by atoms with van der Waals surface area (Å²) in [4.78, 5) is 36.1. The Kier molecular flexibility index (Phi) is 4.22. The highest BCUT2D eigenvalue weighted by atomic mass is 16.4. The number of carboxylic acids is 1. The summed E-state index contributed by atoms with van der Waals surface area (Å²) < 4.78 is 0. The smallest absolute Gasteiger partial charge is 0.303 e. The molecule has 1 N–H and O–H groups in total. The van der Waals surface area contributed by atoms with Gasteiger partial charge in [0.2, 0.25) is 11.8 Å². The standard InChI is InChI=1S/C14H21NO4/c1-2-9-7-10-11(8-9)14(19)15(13(10)18)6-4-3-5-12(16)17/h9-11H,2-8H2,1H3,(H,16,17). The lowest BCUT2D eigenvalue weighted by Crippen LogP contribution is -2.33. The molecule has 2 rings (SSSR count). The van der Waals surface area contributed by atoms with Crippen molar-refractivity contribution < 1.29 is 19.5 Å². The summed E-state index contributed by atoms with van der Waals surface area (Å²) >= 11 is 0. The molecule has 1 heterocycles. The molecule has 1 aliphatic carbocycles. The van der Waals surface area contributed by atoms with Crippen LogP contribution in [0.1, 0.15) is 45.4 Å². The maximum absolute atomic E-state index is 12.2. The van der Waals surface area contributed by atoms with Gasteiger partial charge in [-0.2, -0.15) is 0 Å². The zero-order chi connectivity index (χ0) is 14.0. The minimum atomic E-state index is -0.832. The predicted molar refractivity (Wildman–Crippen MR) is 68.2 cm³/mol. The van der Waals surface area contributed by atoms with E-state index in [0.29, 0.717) is 25.3 Å². The number of nitrogens with zero attached hydrogens (tertiary/aromatic N) is 1. The first-order valence-electron chi connectivity index (χ1n) is 7.11. The normalized spacial score (nSPS) is 29.9. The third-order valence-corrected chi connectivity index (χ3v) is 4.43. The number of carbonyl (C=O) groups is 3. The van der Waals surface area contributed by atoms with Crippen LogP contribution in [0.2, 0.25) is 0 Å². The lowest BCUT2D eigenvalue weighted by molar-refractivity contribution is -0.140. The molecule has 19 heavy (non-hydrogen) atoms. The van der Waals surface area contributed by atoms with Crippen LogP contribution in [0.15, 0.2) is 0 Å². The minimum Gasteiger partial charge on any atom is -0.481 e. The molecule has 0 aromatic carbocycles. The molecule has 2 atom stereocenters. The summed E-state index contributed by atoms with van der Waals surface area (Å²) in [6, 6.07) is 0. The summed E-state index contributed by atoms with van der Waals surface area (Å²) in [5.41, 5.74) is 0. The summed E-state index contributed by atoms with van der Waals surface area (Å²) in [7, 11) is 0. The van der Waals surface area contributed by atoms with Gasteiger partial charge in [0, 0.05) is 13.0 Å². The second-order valence-corrected chi connectivity index (χ2v) is 5.64. The Morgan fingerprint density at radius 1 is 1.21 bits per heavy atom. The summed E-state index contributed by atoms with van der Waals surface area (Å²) in [6.07, 6.45) is 3.92. The third-order valence-electron chi connectivity index (χ3n) is 4.43. The van der Waals surface area contributed by atoms with Crippen molar-refractivity contribution in [2.75, 3.05) is 6.54 Å². The van der Waals surface area contributed by atoms with Crippen molar-refractivity contribution in [1.82, 2.24) is 4.90 Å². The zero-order valence-corrected chi connectivity index (χ0v) is 11.3. The van der Waals surface area contributed by atoms with E-state index in [4.69, 9.17) is 5.11 Å². The lowest BCUT2D eigenvalue weighted by Gasteiger charge is -2.17. The molecule has 0 spiro atoms. The van der Waals surface area contributed by atoms with Gasteiger partial charge >= 0.3 is 5.97 Å². The van der Waals surface area contributed by atoms with Crippen LogP contribution in [0, 0.1) is 17.8 Å². The first-order chi connectivity index (χ1) is 9.04. The number of rotatable bonds is 6. The Hall–Kier alpha value is -1.39. The fraction of sp³-hybridized carbons (Fsp3) is 0.786. The zero-order valence-electron chi connectivity index (χ0n) is 11.3. The molecule has 1 aliphatic heterocycles. The first-order valence-corrected chi connectivity index (χ1v) is 7.11. The second-order valence-electron chi connectivity index (χ2n) is 5.64. The van der Waals surface area contributed by atoms with Crippen LogP contribution >= 0.6 is 0 Å². The van der Waals surface area contributed by atoms with Gasteiger partial charge in [-0.25, -0.2) is 0 Å². The SMILES string of the molecule is CCC1CC2C(=O)N(CCCCC(=O)O)C(=O)C2C1. The third kappa shape index (κ3) is 2.80. The van der Waals surface area contributed by atoms with Gasteiger partial charge in [-0.05, 0) is 31.6 Å².